The zero-order chi connectivity index (χ0) is 18.4. The largest absolute Gasteiger partial charge is 0.494 e. The smallest absolute Gasteiger partial charge is 0.255 e. The molecular weight excluding hydrogens is 326 g/mol. The first-order valence-electron chi connectivity index (χ1n) is 8.48. The molecule has 2 aromatic carbocycles. The lowest BCUT2D eigenvalue weighted by Crippen LogP contribution is -2.12. The van der Waals surface area contributed by atoms with Gasteiger partial charge in [-0.15, -0.1) is 0 Å². The number of aryl methyl sites for hydroxylation is 1. The number of pyridine rings is 1. The summed E-state index contributed by atoms with van der Waals surface area (Å²) in [5, 5.41) is 6.08. The van der Waals surface area contributed by atoms with Gasteiger partial charge in [0.1, 0.15) is 11.6 Å². The number of carbonyl (C=O) groups is 1. The molecule has 0 aliphatic rings. The van der Waals surface area contributed by atoms with E-state index in [0.29, 0.717) is 18.0 Å². The van der Waals surface area contributed by atoms with Crippen molar-refractivity contribution in [2.45, 2.75) is 13.8 Å². The van der Waals surface area contributed by atoms with Gasteiger partial charge in [-0.25, -0.2) is 4.98 Å². The standard InChI is InChI=1S/C21H21N3O2/c1-3-26-19-10-8-17(9-11-19)23-20-14-16(12-13-22-20)21(25)24-18-6-4-15(2)5-7-18/h4-14H,3H2,1-2H3,(H,22,23)(H,24,25). The number of nitrogens with zero attached hydrogens (tertiary/aromatic N) is 1. The summed E-state index contributed by atoms with van der Waals surface area (Å²) < 4.78 is 5.43. The number of aromatic nitrogens is 1. The molecular formula is C21H21N3O2. The first kappa shape index (κ1) is 17.5. The van der Waals surface area contributed by atoms with E-state index in [1.807, 2.05) is 62.4 Å². The molecule has 0 aliphatic carbocycles. The highest BCUT2D eigenvalue weighted by Crippen LogP contribution is 2.20. The topological polar surface area (TPSA) is 63.2 Å². The molecule has 0 unspecified atom stereocenters. The van der Waals surface area contributed by atoms with E-state index >= 15 is 0 Å². The second-order valence-electron chi connectivity index (χ2n) is 5.83. The first-order chi connectivity index (χ1) is 12.6. The van der Waals surface area contributed by atoms with Gasteiger partial charge in [0, 0.05) is 23.1 Å². The maximum atomic E-state index is 12.4. The Hall–Kier alpha value is -3.34. The van der Waals surface area contributed by atoms with Gasteiger partial charge in [0.25, 0.3) is 5.91 Å². The monoisotopic (exact) mass is 347 g/mol. The van der Waals surface area contributed by atoms with Gasteiger partial charge in [0.2, 0.25) is 0 Å². The summed E-state index contributed by atoms with van der Waals surface area (Å²) in [6.07, 6.45) is 1.61. The number of carbonyl (C=O) groups excluding carboxylic acids is 1. The summed E-state index contributed by atoms with van der Waals surface area (Å²) in [7, 11) is 0. The van der Waals surface area contributed by atoms with Gasteiger partial charge in [0.15, 0.2) is 0 Å². The van der Waals surface area contributed by atoms with E-state index < -0.39 is 0 Å². The Morgan fingerprint density at radius 2 is 1.69 bits per heavy atom. The van der Waals surface area contributed by atoms with Gasteiger partial charge in [0.05, 0.1) is 6.61 Å². The van der Waals surface area contributed by atoms with Crippen molar-refractivity contribution in [1.29, 1.82) is 0 Å². The number of hydrogen-bond donors (Lipinski definition) is 2. The second-order valence-corrected chi connectivity index (χ2v) is 5.83. The number of rotatable bonds is 6. The van der Waals surface area contributed by atoms with Crippen molar-refractivity contribution < 1.29 is 9.53 Å². The van der Waals surface area contributed by atoms with E-state index in [0.717, 1.165) is 22.7 Å². The van der Waals surface area contributed by atoms with Crippen molar-refractivity contribution in [3.05, 3.63) is 78.0 Å². The van der Waals surface area contributed by atoms with E-state index in [9.17, 15) is 4.79 Å². The highest BCUT2D eigenvalue weighted by molar-refractivity contribution is 6.04. The van der Waals surface area contributed by atoms with Gasteiger partial charge in [-0.1, -0.05) is 17.7 Å². The number of anilines is 3. The van der Waals surface area contributed by atoms with Gasteiger partial charge in [-0.3, -0.25) is 4.79 Å². The predicted octanol–water partition coefficient (Wildman–Crippen LogP) is 4.78. The molecule has 0 aliphatic heterocycles. The maximum Gasteiger partial charge on any atom is 0.255 e. The van der Waals surface area contributed by atoms with Gasteiger partial charge in [-0.2, -0.15) is 0 Å². The van der Waals surface area contributed by atoms with Crippen LogP contribution >= 0.6 is 0 Å². The lowest BCUT2D eigenvalue weighted by molar-refractivity contribution is 0.102. The number of hydrogen-bond acceptors (Lipinski definition) is 4. The third kappa shape index (κ3) is 4.60. The molecule has 26 heavy (non-hydrogen) atoms. The average Bonchev–Trinajstić information content (AvgIpc) is 2.66. The molecule has 5 heteroatoms. The van der Waals surface area contributed by atoms with Crippen LogP contribution in [0.2, 0.25) is 0 Å². The van der Waals surface area contributed by atoms with E-state index in [1.54, 1.807) is 18.3 Å². The second kappa shape index (κ2) is 8.16. The zero-order valence-corrected chi connectivity index (χ0v) is 14.8. The minimum absolute atomic E-state index is 0.175. The van der Waals surface area contributed by atoms with Crippen LogP contribution in [-0.2, 0) is 0 Å². The van der Waals surface area contributed by atoms with Crippen LogP contribution in [0.1, 0.15) is 22.8 Å². The van der Waals surface area contributed by atoms with Crippen molar-refractivity contribution in [1.82, 2.24) is 4.98 Å². The first-order valence-corrected chi connectivity index (χ1v) is 8.48. The minimum atomic E-state index is -0.175. The fourth-order valence-electron chi connectivity index (χ4n) is 2.43. The van der Waals surface area contributed by atoms with Crippen molar-refractivity contribution in [3.8, 4) is 5.75 Å². The normalized spacial score (nSPS) is 10.2. The SMILES string of the molecule is CCOc1ccc(Nc2cc(C(=O)Nc3ccc(C)cc3)ccn2)cc1. The molecule has 0 radical (unpaired) electrons. The average molecular weight is 347 g/mol. The minimum Gasteiger partial charge on any atom is -0.494 e. The Bertz CT molecular complexity index is 875. The fraction of sp³-hybridized carbons (Fsp3) is 0.143. The van der Waals surface area contributed by atoms with E-state index in [1.165, 1.54) is 0 Å². The summed E-state index contributed by atoms with van der Waals surface area (Å²) in [6.45, 7) is 4.59. The molecule has 0 atom stereocenters. The summed E-state index contributed by atoms with van der Waals surface area (Å²) in [5.41, 5.74) is 3.32. The van der Waals surface area contributed by atoms with Crippen LogP contribution in [0.5, 0.6) is 5.75 Å². The Morgan fingerprint density at radius 3 is 2.38 bits per heavy atom. The number of amides is 1. The van der Waals surface area contributed by atoms with Crippen LogP contribution in [0.3, 0.4) is 0 Å². The van der Waals surface area contributed by atoms with Crippen molar-refractivity contribution in [2.24, 2.45) is 0 Å². The fourth-order valence-corrected chi connectivity index (χ4v) is 2.43. The number of ether oxygens (including phenoxy) is 1. The Balaban J connectivity index is 1.69. The molecule has 2 N–H and O–H groups in total. The summed E-state index contributed by atoms with van der Waals surface area (Å²) >= 11 is 0. The summed E-state index contributed by atoms with van der Waals surface area (Å²) in [4.78, 5) is 16.7. The van der Waals surface area contributed by atoms with Gasteiger partial charge < -0.3 is 15.4 Å². The van der Waals surface area contributed by atoms with Crippen LogP contribution in [0, 0.1) is 6.92 Å². The molecule has 3 aromatic rings. The number of benzene rings is 2. The van der Waals surface area contributed by atoms with Crippen LogP contribution in [-0.4, -0.2) is 17.5 Å². The van der Waals surface area contributed by atoms with Crippen LogP contribution in [0.25, 0.3) is 0 Å². The Kier molecular flexibility index (Phi) is 5.49. The molecule has 0 saturated carbocycles. The van der Waals surface area contributed by atoms with Crippen LogP contribution in [0.15, 0.2) is 66.9 Å². The molecule has 0 fully saturated rings. The summed E-state index contributed by atoms with van der Waals surface area (Å²) in [6, 6.07) is 18.7. The Morgan fingerprint density at radius 1 is 1.00 bits per heavy atom. The predicted molar refractivity (Wildman–Crippen MR) is 104 cm³/mol. The van der Waals surface area contributed by atoms with E-state index in [4.69, 9.17) is 4.74 Å². The van der Waals surface area contributed by atoms with Crippen molar-refractivity contribution >= 4 is 23.1 Å². The van der Waals surface area contributed by atoms with Crippen molar-refractivity contribution in [3.63, 3.8) is 0 Å². The Labute approximate surface area is 153 Å². The quantitative estimate of drug-likeness (QED) is 0.673. The van der Waals surface area contributed by atoms with Crippen LogP contribution < -0.4 is 15.4 Å². The number of nitrogens with one attached hydrogen (secondary N) is 2. The molecule has 0 saturated heterocycles. The molecule has 3 rings (SSSR count). The lowest BCUT2D eigenvalue weighted by atomic mass is 10.2. The summed E-state index contributed by atoms with van der Waals surface area (Å²) in [5.74, 6) is 1.24. The molecule has 1 heterocycles. The highest BCUT2D eigenvalue weighted by atomic mass is 16.5. The zero-order valence-electron chi connectivity index (χ0n) is 14.8. The van der Waals surface area contributed by atoms with Crippen molar-refractivity contribution in [2.75, 3.05) is 17.2 Å². The molecule has 0 bridgehead atoms. The third-order valence-electron chi connectivity index (χ3n) is 3.77. The van der Waals surface area contributed by atoms with E-state index in [-0.39, 0.29) is 5.91 Å². The van der Waals surface area contributed by atoms with Gasteiger partial charge in [-0.05, 0) is 62.4 Å². The molecule has 1 amide bonds. The highest BCUT2D eigenvalue weighted by Gasteiger charge is 2.08. The van der Waals surface area contributed by atoms with Gasteiger partial charge >= 0.3 is 0 Å². The molecule has 5 nitrogen and oxygen atoms in total. The third-order valence-corrected chi connectivity index (χ3v) is 3.77. The van der Waals surface area contributed by atoms with Crippen LogP contribution in [0.4, 0.5) is 17.2 Å². The van der Waals surface area contributed by atoms with E-state index in [2.05, 4.69) is 15.6 Å². The molecule has 132 valence electrons. The molecule has 1 aromatic heterocycles. The molecule has 0 spiro atoms. The maximum absolute atomic E-state index is 12.4. The lowest BCUT2D eigenvalue weighted by Gasteiger charge is -2.09.